The number of hydrogen-bond donors (Lipinski definition) is 1. The van der Waals surface area contributed by atoms with Crippen molar-refractivity contribution in [2.24, 2.45) is 5.92 Å². The van der Waals surface area contributed by atoms with Gasteiger partial charge in [0.25, 0.3) is 5.92 Å². The van der Waals surface area contributed by atoms with Crippen molar-refractivity contribution in [2.75, 3.05) is 20.2 Å². The van der Waals surface area contributed by atoms with Crippen molar-refractivity contribution in [3.8, 4) is 5.75 Å². The molecule has 1 aliphatic rings. The van der Waals surface area contributed by atoms with Crippen LogP contribution in [0.4, 0.5) is 13.2 Å². The molecular formula is C12H14F3NO. The van der Waals surface area contributed by atoms with Gasteiger partial charge < -0.3 is 10.1 Å². The van der Waals surface area contributed by atoms with E-state index in [0.717, 1.165) is 12.1 Å². The summed E-state index contributed by atoms with van der Waals surface area (Å²) < 4.78 is 46.4. The van der Waals surface area contributed by atoms with Crippen molar-refractivity contribution in [3.05, 3.63) is 29.6 Å². The molecule has 5 heteroatoms. The van der Waals surface area contributed by atoms with Gasteiger partial charge in [-0.2, -0.15) is 0 Å². The Hall–Kier alpha value is -1.23. The minimum absolute atomic E-state index is 0.0308. The first kappa shape index (κ1) is 12.2. The second kappa shape index (κ2) is 4.56. The van der Waals surface area contributed by atoms with Crippen molar-refractivity contribution in [1.29, 1.82) is 0 Å². The van der Waals surface area contributed by atoms with E-state index in [1.54, 1.807) is 0 Å². The molecule has 1 unspecified atom stereocenters. The highest BCUT2D eigenvalue weighted by Gasteiger charge is 2.44. The average Bonchev–Trinajstić information content (AvgIpc) is 2.83. The highest BCUT2D eigenvalue weighted by atomic mass is 19.3. The highest BCUT2D eigenvalue weighted by Crippen LogP contribution is 2.43. The number of methoxy groups -OCH3 is 1. The molecule has 0 bridgehead atoms. The zero-order chi connectivity index (χ0) is 12.5. The van der Waals surface area contributed by atoms with E-state index in [-0.39, 0.29) is 17.9 Å². The van der Waals surface area contributed by atoms with Crippen molar-refractivity contribution in [2.45, 2.75) is 12.3 Å². The number of hydrogen-bond acceptors (Lipinski definition) is 2. The van der Waals surface area contributed by atoms with Crippen LogP contribution in [0.15, 0.2) is 18.2 Å². The minimum atomic E-state index is -3.07. The molecule has 94 valence electrons. The molecule has 0 radical (unpaired) electrons. The van der Waals surface area contributed by atoms with Crippen LogP contribution in [0.25, 0.3) is 0 Å². The molecule has 0 saturated carbocycles. The molecule has 0 aliphatic carbocycles. The largest absolute Gasteiger partial charge is 0.496 e. The molecule has 2 nitrogen and oxygen atoms in total. The van der Waals surface area contributed by atoms with Gasteiger partial charge in [-0.05, 0) is 31.2 Å². The maximum atomic E-state index is 14.2. The summed E-state index contributed by atoms with van der Waals surface area (Å²) in [5.41, 5.74) is -0.367. The van der Waals surface area contributed by atoms with Gasteiger partial charge in [-0.25, -0.2) is 13.2 Å². The fraction of sp³-hybridized carbons (Fsp3) is 0.500. The summed E-state index contributed by atoms with van der Waals surface area (Å²) in [5, 5.41) is 2.89. The first-order valence-corrected chi connectivity index (χ1v) is 5.48. The van der Waals surface area contributed by atoms with E-state index >= 15 is 0 Å². The van der Waals surface area contributed by atoms with E-state index < -0.39 is 17.7 Å². The van der Waals surface area contributed by atoms with Gasteiger partial charge in [0, 0.05) is 12.5 Å². The molecule has 2 rings (SSSR count). The number of nitrogens with one attached hydrogen (secondary N) is 1. The summed E-state index contributed by atoms with van der Waals surface area (Å²) in [4.78, 5) is 0. The second-order valence-electron chi connectivity index (χ2n) is 4.16. The Morgan fingerprint density at radius 2 is 2.18 bits per heavy atom. The van der Waals surface area contributed by atoms with Crippen molar-refractivity contribution < 1.29 is 17.9 Å². The van der Waals surface area contributed by atoms with Crippen LogP contribution in [-0.4, -0.2) is 20.2 Å². The van der Waals surface area contributed by atoms with Gasteiger partial charge in [-0.3, -0.25) is 0 Å². The summed E-state index contributed by atoms with van der Waals surface area (Å²) >= 11 is 0. The smallest absolute Gasteiger partial charge is 0.280 e. The third-order valence-corrected chi connectivity index (χ3v) is 3.09. The van der Waals surface area contributed by atoms with Gasteiger partial charge in [0.05, 0.1) is 12.7 Å². The van der Waals surface area contributed by atoms with E-state index in [1.807, 2.05) is 0 Å². The molecular weight excluding hydrogens is 231 g/mol. The fourth-order valence-electron chi connectivity index (χ4n) is 2.12. The quantitative estimate of drug-likeness (QED) is 0.883. The molecule has 1 fully saturated rings. The predicted molar refractivity (Wildman–Crippen MR) is 57.8 cm³/mol. The fourth-order valence-corrected chi connectivity index (χ4v) is 2.12. The van der Waals surface area contributed by atoms with E-state index in [9.17, 15) is 13.2 Å². The summed E-state index contributed by atoms with van der Waals surface area (Å²) in [6.07, 6.45) is 0.382. The molecule has 1 atom stereocenters. The Morgan fingerprint density at radius 1 is 1.41 bits per heavy atom. The van der Waals surface area contributed by atoms with Crippen LogP contribution in [0.5, 0.6) is 5.75 Å². The van der Waals surface area contributed by atoms with Crippen LogP contribution >= 0.6 is 0 Å². The van der Waals surface area contributed by atoms with Gasteiger partial charge in [-0.1, -0.05) is 0 Å². The lowest BCUT2D eigenvalue weighted by Crippen LogP contribution is -2.28. The first-order valence-electron chi connectivity index (χ1n) is 5.48. The van der Waals surface area contributed by atoms with Crippen molar-refractivity contribution >= 4 is 0 Å². The number of rotatable bonds is 3. The van der Waals surface area contributed by atoms with E-state index in [1.165, 1.54) is 13.2 Å². The molecule has 1 aromatic rings. The Balaban J connectivity index is 2.39. The zero-order valence-electron chi connectivity index (χ0n) is 9.47. The van der Waals surface area contributed by atoms with E-state index in [2.05, 4.69) is 5.32 Å². The van der Waals surface area contributed by atoms with Gasteiger partial charge in [-0.15, -0.1) is 0 Å². The Kier molecular flexibility index (Phi) is 3.28. The third kappa shape index (κ3) is 2.24. The van der Waals surface area contributed by atoms with Crippen molar-refractivity contribution in [1.82, 2.24) is 5.32 Å². The number of benzene rings is 1. The van der Waals surface area contributed by atoms with Crippen LogP contribution in [-0.2, 0) is 5.92 Å². The van der Waals surface area contributed by atoms with Crippen molar-refractivity contribution in [3.63, 3.8) is 0 Å². The molecule has 1 aliphatic heterocycles. The standard InChI is InChI=1S/C12H14F3NO/c1-17-11-3-2-9(13)6-10(11)12(14,15)8-4-5-16-7-8/h2-3,6,8,16H,4-5,7H2,1H3. The number of halogens is 3. The van der Waals surface area contributed by atoms with Crippen LogP contribution in [0.1, 0.15) is 12.0 Å². The Bertz CT molecular complexity index is 403. The minimum Gasteiger partial charge on any atom is -0.496 e. The molecule has 1 aromatic carbocycles. The summed E-state index contributed by atoms with van der Waals surface area (Å²) in [5.74, 6) is -4.52. The van der Waals surface area contributed by atoms with Gasteiger partial charge in [0.2, 0.25) is 0 Å². The molecule has 0 aromatic heterocycles. The lowest BCUT2D eigenvalue weighted by Gasteiger charge is -2.24. The summed E-state index contributed by atoms with van der Waals surface area (Å²) in [7, 11) is 1.31. The Morgan fingerprint density at radius 3 is 2.76 bits per heavy atom. The molecule has 1 N–H and O–H groups in total. The maximum absolute atomic E-state index is 14.2. The third-order valence-electron chi connectivity index (χ3n) is 3.09. The SMILES string of the molecule is COc1ccc(F)cc1C(F)(F)C1CCNC1. The molecule has 0 spiro atoms. The summed E-state index contributed by atoms with van der Waals surface area (Å²) in [6.45, 7) is 0.810. The number of alkyl halides is 2. The second-order valence-corrected chi connectivity index (χ2v) is 4.16. The maximum Gasteiger partial charge on any atom is 0.280 e. The van der Waals surface area contributed by atoms with Crippen LogP contribution in [0, 0.1) is 11.7 Å². The van der Waals surface area contributed by atoms with E-state index in [4.69, 9.17) is 4.74 Å². The number of ether oxygens (including phenoxy) is 1. The van der Waals surface area contributed by atoms with Gasteiger partial charge in [0.1, 0.15) is 11.6 Å². The van der Waals surface area contributed by atoms with Crippen LogP contribution < -0.4 is 10.1 Å². The normalized spacial score (nSPS) is 20.6. The monoisotopic (exact) mass is 245 g/mol. The van der Waals surface area contributed by atoms with Crippen LogP contribution in [0.3, 0.4) is 0 Å². The molecule has 1 saturated heterocycles. The lowest BCUT2D eigenvalue weighted by atomic mass is 9.93. The average molecular weight is 245 g/mol. The van der Waals surface area contributed by atoms with E-state index in [0.29, 0.717) is 13.0 Å². The van der Waals surface area contributed by atoms with Crippen LogP contribution in [0.2, 0.25) is 0 Å². The molecule has 17 heavy (non-hydrogen) atoms. The predicted octanol–water partition coefficient (Wildman–Crippen LogP) is 2.54. The summed E-state index contributed by atoms with van der Waals surface area (Å²) in [6, 6.07) is 3.21. The first-order chi connectivity index (χ1) is 8.05. The van der Waals surface area contributed by atoms with Gasteiger partial charge in [0.15, 0.2) is 0 Å². The highest BCUT2D eigenvalue weighted by molar-refractivity contribution is 5.38. The Labute approximate surface area is 97.8 Å². The topological polar surface area (TPSA) is 21.3 Å². The van der Waals surface area contributed by atoms with Gasteiger partial charge >= 0.3 is 0 Å². The molecule has 1 heterocycles. The lowest BCUT2D eigenvalue weighted by molar-refractivity contribution is -0.0594. The molecule has 0 amide bonds. The zero-order valence-corrected chi connectivity index (χ0v) is 9.47.